The monoisotopic (exact) mass is 285 g/mol. The summed E-state index contributed by atoms with van der Waals surface area (Å²) in [6.45, 7) is 0.831. The fourth-order valence-corrected chi connectivity index (χ4v) is 2.19. The van der Waals surface area contributed by atoms with Crippen molar-refractivity contribution < 1.29 is 13.2 Å². The predicted octanol–water partition coefficient (Wildman–Crippen LogP) is 4.21. The van der Waals surface area contributed by atoms with Crippen LogP contribution >= 0.6 is 24.0 Å². The van der Waals surface area contributed by atoms with E-state index in [0.29, 0.717) is 10.6 Å². The molecule has 0 radical (unpaired) electrons. The van der Waals surface area contributed by atoms with Crippen LogP contribution in [0.25, 0.3) is 0 Å². The lowest BCUT2D eigenvalue weighted by molar-refractivity contribution is -0.137. The quantitative estimate of drug-likeness (QED) is 0.815. The number of benzene rings is 1. The van der Waals surface area contributed by atoms with Gasteiger partial charge in [0.25, 0.3) is 0 Å². The molecule has 6 heteroatoms. The first-order valence-corrected chi connectivity index (χ1v) is 5.46. The molecule has 0 amide bonds. The van der Waals surface area contributed by atoms with Gasteiger partial charge < -0.3 is 5.32 Å². The maximum Gasteiger partial charge on any atom is 0.416 e. The van der Waals surface area contributed by atoms with Crippen molar-refractivity contribution in [2.45, 2.75) is 25.1 Å². The van der Waals surface area contributed by atoms with Crippen molar-refractivity contribution in [2.24, 2.45) is 0 Å². The highest BCUT2D eigenvalue weighted by Gasteiger charge is 2.32. The van der Waals surface area contributed by atoms with Gasteiger partial charge in [0.05, 0.1) is 5.56 Å². The van der Waals surface area contributed by atoms with Crippen LogP contribution in [0.2, 0.25) is 5.02 Å². The molecule has 0 aromatic heterocycles. The molecule has 17 heavy (non-hydrogen) atoms. The predicted molar refractivity (Wildman–Crippen MR) is 63.7 cm³/mol. The minimum Gasteiger partial charge on any atom is -0.310 e. The Hall–Kier alpha value is -0.450. The van der Waals surface area contributed by atoms with Gasteiger partial charge in [0.2, 0.25) is 0 Å². The third-order valence-electron chi connectivity index (χ3n) is 2.76. The summed E-state index contributed by atoms with van der Waals surface area (Å²) in [7, 11) is 0. The van der Waals surface area contributed by atoms with E-state index in [0.717, 1.165) is 31.5 Å². The second-order valence-electron chi connectivity index (χ2n) is 3.88. The minimum atomic E-state index is -4.31. The fourth-order valence-electron chi connectivity index (χ4n) is 1.94. The highest BCUT2D eigenvalue weighted by molar-refractivity contribution is 6.31. The van der Waals surface area contributed by atoms with Crippen molar-refractivity contribution in [2.75, 3.05) is 6.54 Å². The lowest BCUT2D eigenvalue weighted by atomic mass is 10.0. The molecule has 1 fully saturated rings. The van der Waals surface area contributed by atoms with Gasteiger partial charge in [-0.3, -0.25) is 0 Å². The topological polar surface area (TPSA) is 12.0 Å². The van der Waals surface area contributed by atoms with Crippen molar-refractivity contribution in [3.8, 4) is 0 Å². The molecule has 1 aliphatic heterocycles. The van der Waals surface area contributed by atoms with Gasteiger partial charge >= 0.3 is 6.18 Å². The Bertz CT molecular complexity index is 387. The summed E-state index contributed by atoms with van der Waals surface area (Å²) < 4.78 is 37.6. The van der Waals surface area contributed by atoms with Gasteiger partial charge in [0.1, 0.15) is 0 Å². The Morgan fingerprint density at radius 1 is 1.29 bits per heavy atom. The molecule has 0 aliphatic carbocycles. The van der Waals surface area contributed by atoms with Gasteiger partial charge in [-0.1, -0.05) is 11.6 Å². The molecule has 1 N–H and O–H groups in total. The van der Waals surface area contributed by atoms with E-state index in [1.165, 1.54) is 6.07 Å². The van der Waals surface area contributed by atoms with Gasteiger partial charge in [-0.05, 0) is 43.1 Å². The van der Waals surface area contributed by atoms with Crippen LogP contribution in [0.3, 0.4) is 0 Å². The van der Waals surface area contributed by atoms with Gasteiger partial charge in [0.15, 0.2) is 0 Å². The number of alkyl halides is 3. The standard InChI is InChI=1S/C11H11ClF3N.ClH/c12-9-4-3-7(11(13,14)15)6-8(9)10-2-1-5-16-10;/h3-4,6,10,16H,1-2,5H2;1H/t10-;/m1./s1. The van der Waals surface area contributed by atoms with Crippen molar-refractivity contribution in [1.29, 1.82) is 0 Å². The van der Waals surface area contributed by atoms with Gasteiger partial charge in [0, 0.05) is 11.1 Å². The fraction of sp³-hybridized carbons (Fsp3) is 0.455. The van der Waals surface area contributed by atoms with Crippen LogP contribution in [-0.4, -0.2) is 6.54 Å². The van der Waals surface area contributed by atoms with Crippen molar-refractivity contribution in [1.82, 2.24) is 5.32 Å². The third kappa shape index (κ3) is 3.27. The number of halogens is 5. The van der Waals surface area contributed by atoms with Crippen LogP contribution in [0.5, 0.6) is 0 Å². The van der Waals surface area contributed by atoms with E-state index in [2.05, 4.69) is 5.32 Å². The van der Waals surface area contributed by atoms with Gasteiger partial charge in [-0.15, -0.1) is 12.4 Å². The molecule has 1 heterocycles. The van der Waals surface area contributed by atoms with E-state index in [1.54, 1.807) is 0 Å². The Morgan fingerprint density at radius 3 is 2.53 bits per heavy atom. The van der Waals surface area contributed by atoms with Crippen LogP contribution in [0.15, 0.2) is 18.2 Å². The summed E-state index contributed by atoms with van der Waals surface area (Å²) in [5, 5.41) is 3.54. The average molecular weight is 286 g/mol. The zero-order valence-corrected chi connectivity index (χ0v) is 10.4. The van der Waals surface area contributed by atoms with Crippen LogP contribution in [0.4, 0.5) is 13.2 Å². The molecule has 1 aliphatic rings. The second kappa shape index (κ2) is 5.46. The molecule has 1 aromatic rings. The van der Waals surface area contributed by atoms with E-state index in [9.17, 15) is 13.2 Å². The number of hydrogen-bond acceptors (Lipinski definition) is 1. The summed E-state index contributed by atoms with van der Waals surface area (Å²) in [5.74, 6) is 0. The van der Waals surface area contributed by atoms with E-state index >= 15 is 0 Å². The lowest BCUT2D eigenvalue weighted by Crippen LogP contribution is -2.14. The van der Waals surface area contributed by atoms with Gasteiger partial charge in [-0.2, -0.15) is 13.2 Å². The average Bonchev–Trinajstić information content (AvgIpc) is 2.69. The van der Waals surface area contributed by atoms with Crippen LogP contribution < -0.4 is 5.32 Å². The summed E-state index contributed by atoms with van der Waals surface area (Å²) >= 11 is 5.92. The molecule has 2 rings (SSSR count). The molecular weight excluding hydrogens is 274 g/mol. The molecule has 1 nitrogen and oxygen atoms in total. The largest absolute Gasteiger partial charge is 0.416 e. The first-order valence-electron chi connectivity index (χ1n) is 5.08. The highest BCUT2D eigenvalue weighted by Crippen LogP contribution is 2.35. The van der Waals surface area contributed by atoms with Gasteiger partial charge in [-0.25, -0.2) is 0 Å². The first kappa shape index (κ1) is 14.6. The molecule has 1 saturated heterocycles. The molecule has 1 aromatic carbocycles. The summed E-state index contributed by atoms with van der Waals surface area (Å²) in [6.07, 6.45) is -2.50. The molecule has 1 atom stereocenters. The Labute approximate surface area is 109 Å². The number of nitrogens with one attached hydrogen (secondary N) is 1. The van der Waals surface area contributed by atoms with Crippen LogP contribution in [0, 0.1) is 0 Å². The van der Waals surface area contributed by atoms with Crippen molar-refractivity contribution in [3.63, 3.8) is 0 Å². The Morgan fingerprint density at radius 2 is 2.00 bits per heavy atom. The number of rotatable bonds is 1. The van der Waals surface area contributed by atoms with E-state index in [-0.39, 0.29) is 18.4 Å². The van der Waals surface area contributed by atoms with Crippen LogP contribution in [0.1, 0.15) is 30.0 Å². The second-order valence-corrected chi connectivity index (χ2v) is 4.29. The zero-order valence-electron chi connectivity index (χ0n) is 8.85. The zero-order chi connectivity index (χ0) is 11.8. The maximum absolute atomic E-state index is 12.5. The molecule has 0 bridgehead atoms. The first-order chi connectivity index (χ1) is 7.48. The summed E-state index contributed by atoms with van der Waals surface area (Å²) in [5.41, 5.74) is -0.0883. The molecule has 0 saturated carbocycles. The van der Waals surface area contributed by atoms with E-state index in [1.807, 2.05) is 0 Å². The molecule has 0 spiro atoms. The third-order valence-corrected chi connectivity index (χ3v) is 3.10. The lowest BCUT2D eigenvalue weighted by Gasteiger charge is -2.15. The normalized spacial score (nSPS) is 20.1. The summed E-state index contributed by atoms with van der Waals surface area (Å²) in [4.78, 5) is 0. The molecular formula is C11H12Cl2F3N. The maximum atomic E-state index is 12.5. The highest BCUT2D eigenvalue weighted by atomic mass is 35.5. The SMILES string of the molecule is Cl.FC(F)(F)c1ccc(Cl)c([C@H]2CCCN2)c1. The number of hydrogen-bond donors (Lipinski definition) is 1. The molecule has 96 valence electrons. The van der Waals surface area contributed by atoms with Crippen LogP contribution in [-0.2, 0) is 6.18 Å². The Kier molecular flexibility index (Phi) is 4.69. The van der Waals surface area contributed by atoms with Crippen molar-refractivity contribution >= 4 is 24.0 Å². The minimum absolute atomic E-state index is 0. The summed E-state index contributed by atoms with van der Waals surface area (Å²) in [6, 6.07) is 3.43. The Balaban J connectivity index is 0.00000144. The van der Waals surface area contributed by atoms with E-state index < -0.39 is 11.7 Å². The van der Waals surface area contributed by atoms with Crippen molar-refractivity contribution in [3.05, 3.63) is 34.3 Å². The smallest absolute Gasteiger partial charge is 0.310 e. The van der Waals surface area contributed by atoms with E-state index in [4.69, 9.17) is 11.6 Å². The molecule has 0 unspecified atom stereocenters.